The van der Waals surface area contributed by atoms with Crippen molar-refractivity contribution in [2.75, 3.05) is 0 Å². The maximum absolute atomic E-state index is 6.09. The Morgan fingerprint density at radius 3 is 2.75 bits per heavy atom. The summed E-state index contributed by atoms with van der Waals surface area (Å²) in [5.74, 6) is 0. The topological polar surface area (TPSA) is 53.1 Å². The number of benzene rings is 1. The molecule has 4 heteroatoms. The van der Waals surface area contributed by atoms with Crippen LogP contribution in [0.2, 0.25) is 0 Å². The molecule has 20 heavy (non-hydrogen) atoms. The summed E-state index contributed by atoms with van der Waals surface area (Å²) in [7, 11) is 0. The Morgan fingerprint density at radius 2 is 1.95 bits per heavy atom. The summed E-state index contributed by atoms with van der Waals surface area (Å²) in [5.41, 5.74) is 8.10. The third-order valence-corrected chi connectivity index (χ3v) is 3.86. The van der Waals surface area contributed by atoms with Gasteiger partial charge in [-0.3, -0.25) is 0 Å². The molecule has 0 bridgehead atoms. The van der Waals surface area contributed by atoms with Gasteiger partial charge in [-0.2, -0.15) is 5.10 Å². The van der Waals surface area contributed by atoms with Gasteiger partial charge < -0.3 is 10.5 Å². The summed E-state index contributed by atoms with van der Waals surface area (Å²) >= 11 is 0. The summed E-state index contributed by atoms with van der Waals surface area (Å²) in [6.45, 7) is 0.540. The molecule has 1 heterocycles. The van der Waals surface area contributed by atoms with Crippen molar-refractivity contribution in [1.82, 2.24) is 9.78 Å². The van der Waals surface area contributed by atoms with Gasteiger partial charge in [0, 0.05) is 12.2 Å². The minimum absolute atomic E-state index is 0.181. The summed E-state index contributed by atoms with van der Waals surface area (Å²) in [6.07, 6.45) is 6.74. The van der Waals surface area contributed by atoms with Gasteiger partial charge in [0.25, 0.3) is 0 Å². The lowest BCUT2D eigenvalue weighted by Crippen LogP contribution is -2.39. The number of nitrogens with two attached hydrogens (primary N) is 1. The first-order valence-corrected chi connectivity index (χ1v) is 7.30. The Morgan fingerprint density at radius 1 is 1.15 bits per heavy atom. The Bertz CT molecular complexity index is 538. The van der Waals surface area contributed by atoms with Gasteiger partial charge in [0.05, 0.1) is 24.1 Å². The van der Waals surface area contributed by atoms with E-state index in [1.807, 2.05) is 47.3 Å². The molecule has 1 fully saturated rings. The quantitative estimate of drug-likeness (QED) is 0.930. The number of nitrogens with zero attached hydrogens (tertiary/aromatic N) is 2. The minimum atomic E-state index is 0.181. The Hall–Kier alpha value is -1.65. The number of hydrogen-bond acceptors (Lipinski definition) is 3. The Labute approximate surface area is 119 Å². The van der Waals surface area contributed by atoms with Gasteiger partial charge in [-0.05, 0) is 31.0 Å². The van der Waals surface area contributed by atoms with E-state index >= 15 is 0 Å². The molecule has 4 nitrogen and oxygen atoms in total. The van der Waals surface area contributed by atoms with E-state index in [1.165, 1.54) is 12.8 Å². The summed E-state index contributed by atoms with van der Waals surface area (Å²) in [6, 6.07) is 12.3. The third-order valence-electron chi connectivity index (χ3n) is 3.86. The van der Waals surface area contributed by atoms with Crippen molar-refractivity contribution in [2.24, 2.45) is 5.73 Å². The fourth-order valence-electron chi connectivity index (χ4n) is 2.69. The average molecular weight is 271 g/mol. The maximum atomic E-state index is 6.09. The lowest BCUT2D eigenvalue weighted by Gasteiger charge is -2.28. The van der Waals surface area contributed by atoms with Gasteiger partial charge >= 0.3 is 0 Å². The van der Waals surface area contributed by atoms with Crippen LogP contribution in [0.25, 0.3) is 5.69 Å². The molecule has 1 aliphatic carbocycles. The first kappa shape index (κ1) is 13.3. The predicted molar refractivity (Wildman–Crippen MR) is 78.6 cm³/mol. The molecule has 3 rings (SSSR count). The van der Waals surface area contributed by atoms with Gasteiger partial charge in [0.1, 0.15) is 0 Å². The second kappa shape index (κ2) is 6.20. The SMILES string of the molecule is NC1CCCCC1OCc1ccn(-c2ccccc2)n1. The standard InChI is InChI=1S/C16H21N3O/c17-15-8-4-5-9-16(15)20-12-13-10-11-19(18-13)14-6-2-1-3-7-14/h1-3,6-7,10-11,15-16H,4-5,8-9,12,17H2. The molecule has 2 N–H and O–H groups in total. The molecular weight excluding hydrogens is 250 g/mol. The Balaban J connectivity index is 1.60. The highest BCUT2D eigenvalue weighted by Crippen LogP contribution is 2.20. The number of rotatable bonds is 4. The van der Waals surface area contributed by atoms with E-state index in [9.17, 15) is 0 Å². The molecule has 2 unspecified atom stereocenters. The second-order valence-corrected chi connectivity index (χ2v) is 5.38. The third kappa shape index (κ3) is 3.08. The second-order valence-electron chi connectivity index (χ2n) is 5.38. The molecular formula is C16H21N3O. The monoisotopic (exact) mass is 271 g/mol. The lowest BCUT2D eigenvalue weighted by molar-refractivity contribution is 0.00246. The summed E-state index contributed by atoms with van der Waals surface area (Å²) in [5, 5.41) is 4.54. The van der Waals surface area contributed by atoms with Gasteiger partial charge in [0.15, 0.2) is 0 Å². The molecule has 0 radical (unpaired) electrons. The molecule has 1 saturated carbocycles. The van der Waals surface area contributed by atoms with Gasteiger partial charge in [-0.1, -0.05) is 31.0 Å². The van der Waals surface area contributed by atoms with E-state index in [2.05, 4.69) is 5.10 Å². The predicted octanol–water partition coefficient (Wildman–Crippen LogP) is 2.66. The molecule has 0 saturated heterocycles. The van der Waals surface area contributed by atoms with Crippen molar-refractivity contribution in [1.29, 1.82) is 0 Å². The van der Waals surface area contributed by atoms with Crippen molar-refractivity contribution in [2.45, 2.75) is 44.4 Å². The normalized spacial score (nSPS) is 22.9. The first-order valence-electron chi connectivity index (χ1n) is 7.30. The van der Waals surface area contributed by atoms with Crippen LogP contribution in [0.4, 0.5) is 0 Å². The van der Waals surface area contributed by atoms with E-state index in [0.29, 0.717) is 6.61 Å². The molecule has 106 valence electrons. The van der Waals surface area contributed by atoms with Gasteiger partial charge in [0.2, 0.25) is 0 Å². The highest BCUT2D eigenvalue weighted by molar-refractivity contribution is 5.30. The summed E-state index contributed by atoms with van der Waals surface area (Å²) < 4.78 is 7.80. The zero-order valence-electron chi connectivity index (χ0n) is 11.6. The van der Waals surface area contributed by atoms with Crippen LogP contribution in [-0.2, 0) is 11.3 Å². The zero-order valence-corrected chi connectivity index (χ0v) is 11.6. The first-order chi connectivity index (χ1) is 9.83. The van der Waals surface area contributed by atoms with Crippen LogP contribution in [-0.4, -0.2) is 21.9 Å². The van der Waals surface area contributed by atoms with Crippen molar-refractivity contribution in [3.8, 4) is 5.69 Å². The van der Waals surface area contributed by atoms with Crippen LogP contribution in [0.15, 0.2) is 42.6 Å². The fourth-order valence-corrected chi connectivity index (χ4v) is 2.69. The van der Waals surface area contributed by atoms with Crippen LogP contribution in [0.5, 0.6) is 0 Å². The maximum Gasteiger partial charge on any atom is 0.0911 e. The molecule has 1 aromatic heterocycles. The van der Waals surface area contributed by atoms with E-state index in [1.54, 1.807) is 0 Å². The van der Waals surface area contributed by atoms with Crippen molar-refractivity contribution in [3.05, 3.63) is 48.3 Å². The highest BCUT2D eigenvalue weighted by atomic mass is 16.5. The van der Waals surface area contributed by atoms with Crippen LogP contribution >= 0.6 is 0 Å². The smallest absolute Gasteiger partial charge is 0.0911 e. The van der Waals surface area contributed by atoms with E-state index in [-0.39, 0.29) is 12.1 Å². The van der Waals surface area contributed by atoms with E-state index < -0.39 is 0 Å². The molecule has 1 aromatic carbocycles. The van der Waals surface area contributed by atoms with Crippen LogP contribution in [0.1, 0.15) is 31.4 Å². The molecule has 0 aliphatic heterocycles. The molecule has 1 aliphatic rings. The molecule has 0 spiro atoms. The fraction of sp³-hybridized carbons (Fsp3) is 0.438. The van der Waals surface area contributed by atoms with Crippen LogP contribution in [0, 0.1) is 0 Å². The van der Waals surface area contributed by atoms with Crippen molar-refractivity contribution >= 4 is 0 Å². The van der Waals surface area contributed by atoms with Crippen molar-refractivity contribution < 1.29 is 4.74 Å². The summed E-state index contributed by atoms with van der Waals surface area (Å²) in [4.78, 5) is 0. The van der Waals surface area contributed by atoms with Gasteiger partial charge in [-0.15, -0.1) is 0 Å². The van der Waals surface area contributed by atoms with Crippen LogP contribution < -0.4 is 5.73 Å². The largest absolute Gasteiger partial charge is 0.370 e. The Kier molecular flexibility index (Phi) is 4.14. The number of para-hydroxylation sites is 1. The molecule has 0 amide bonds. The van der Waals surface area contributed by atoms with E-state index in [0.717, 1.165) is 24.2 Å². The number of hydrogen-bond donors (Lipinski definition) is 1. The van der Waals surface area contributed by atoms with Crippen molar-refractivity contribution in [3.63, 3.8) is 0 Å². The number of aromatic nitrogens is 2. The van der Waals surface area contributed by atoms with E-state index in [4.69, 9.17) is 10.5 Å². The minimum Gasteiger partial charge on any atom is -0.370 e. The number of ether oxygens (including phenoxy) is 1. The highest BCUT2D eigenvalue weighted by Gasteiger charge is 2.22. The zero-order chi connectivity index (χ0) is 13.8. The lowest BCUT2D eigenvalue weighted by atomic mass is 9.93. The molecule has 2 aromatic rings. The molecule has 2 atom stereocenters. The van der Waals surface area contributed by atoms with Crippen LogP contribution in [0.3, 0.4) is 0 Å². The average Bonchev–Trinajstić information content (AvgIpc) is 2.96. The van der Waals surface area contributed by atoms with Gasteiger partial charge in [-0.25, -0.2) is 4.68 Å².